The van der Waals surface area contributed by atoms with Crippen LogP contribution in [0.4, 0.5) is 0 Å². The van der Waals surface area contributed by atoms with E-state index in [9.17, 15) is 0 Å². The summed E-state index contributed by atoms with van der Waals surface area (Å²) in [6, 6.07) is 8.47. The highest BCUT2D eigenvalue weighted by Crippen LogP contribution is 2.37. The molecule has 1 aliphatic carbocycles. The maximum Gasteiger partial charge on any atom is 0.250 e. The summed E-state index contributed by atoms with van der Waals surface area (Å²) in [7, 11) is 0. The van der Waals surface area contributed by atoms with Gasteiger partial charge in [-0.05, 0) is 43.7 Å². The fraction of sp³-hybridized carbons (Fsp3) is 0.412. The average Bonchev–Trinajstić information content (AvgIpc) is 2.92. The van der Waals surface area contributed by atoms with Crippen molar-refractivity contribution in [3.63, 3.8) is 0 Å². The maximum absolute atomic E-state index is 6.22. The Balaban J connectivity index is 1.87. The van der Waals surface area contributed by atoms with Crippen molar-refractivity contribution in [2.24, 2.45) is 5.73 Å². The Kier molecular flexibility index (Phi) is 3.64. The fourth-order valence-corrected chi connectivity index (χ4v) is 2.58. The van der Waals surface area contributed by atoms with Crippen molar-refractivity contribution < 1.29 is 4.52 Å². The predicted molar refractivity (Wildman–Crippen MR) is 83.4 cm³/mol. The van der Waals surface area contributed by atoms with E-state index in [4.69, 9.17) is 10.3 Å². The summed E-state index contributed by atoms with van der Waals surface area (Å²) in [4.78, 5) is 4.46. The molecule has 2 aromatic rings. The number of rotatable bonds is 4. The quantitative estimate of drug-likeness (QED) is 0.929. The van der Waals surface area contributed by atoms with Gasteiger partial charge in [-0.3, -0.25) is 0 Å². The van der Waals surface area contributed by atoms with Crippen LogP contribution in [0.3, 0.4) is 0 Å². The third-order valence-corrected chi connectivity index (χ3v) is 4.23. The fourth-order valence-electron chi connectivity index (χ4n) is 2.58. The lowest BCUT2D eigenvalue weighted by Crippen LogP contribution is -2.44. The molecule has 1 fully saturated rings. The van der Waals surface area contributed by atoms with Crippen LogP contribution in [0.25, 0.3) is 11.6 Å². The van der Waals surface area contributed by atoms with Crippen LogP contribution in [0.15, 0.2) is 28.8 Å². The molecule has 1 saturated carbocycles. The van der Waals surface area contributed by atoms with E-state index in [0.29, 0.717) is 11.7 Å². The average molecular weight is 283 g/mol. The Hall–Kier alpha value is -1.94. The molecule has 0 bridgehead atoms. The first-order chi connectivity index (χ1) is 10.1. The standard InChI is InChI=1S/C17H21N3O/c1-3-13(14-7-5-12(2)6-8-14)11-15-19-16(20-21-15)17(18)9-4-10-17/h5-8,11H,3-4,9-10,18H2,1-2H3/b13-11-. The second-order valence-corrected chi connectivity index (χ2v) is 5.86. The van der Waals surface area contributed by atoms with Gasteiger partial charge in [0.2, 0.25) is 0 Å². The van der Waals surface area contributed by atoms with E-state index in [-0.39, 0.29) is 5.54 Å². The van der Waals surface area contributed by atoms with Gasteiger partial charge < -0.3 is 10.3 Å². The molecular formula is C17H21N3O. The van der Waals surface area contributed by atoms with Crippen molar-refractivity contribution in [3.8, 4) is 0 Å². The normalized spacial score (nSPS) is 17.6. The molecule has 0 spiro atoms. The van der Waals surface area contributed by atoms with Crippen molar-refractivity contribution in [1.82, 2.24) is 10.1 Å². The third-order valence-electron chi connectivity index (χ3n) is 4.23. The number of nitrogens with zero attached hydrogens (tertiary/aromatic N) is 2. The highest BCUT2D eigenvalue weighted by molar-refractivity contribution is 5.79. The first kappa shape index (κ1) is 14.0. The Labute approximate surface area is 125 Å². The number of hydrogen-bond donors (Lipinski definition) is 1. The molecule has 0 saturated heterocycles. The van der Waals surface area contributed by atoms with Gasteiger partial charge in [0.15, 0.2) is 5.82 Å². The van der Waals surface area contributed by atoms with Gasteiger partial charge in [0, 0.05) is 6.08 Å². The lowest BCUT2D eigenvalue weighted by Gasteiger charge is -2.34. The van der Waals surface area contributed by atoms with Gasteiger partial charge in [0.25, 0.3) is 5.89 Å². The molecule has 4 heteroatoms. The minimum atomic E-state index is -0.369. The Morgan fingerprint density at radius 2 is 2.05 bits per heavy atom. The smallest absolute Gasteiger partial charge is 0.250 e. The topological polar surface area (TPSA) is 64.9 Å². The molecule has 1 aromatic heterocycles. The molecule has 110 valence electrons. The zero-order valence-electron chi connectivity index (χ0n) is 12.6. The van der Waals surface area contributed by atoms with Crippen LogP contribution in [0.1, 0.15) is 55.4 Å². The van der Waals surface area contributed by atoms with Crippen molar-refractivity contribution in [2.75, 3.05) is 0 Å². The number of aromatic nitrogens is 2. The number of nitrogens with two attached hydrogens (primary N) is 1. The van der Waals surface area contributed by atoms with E-state index in [1.807, 2.05) is 6.08 Å². The number of hydrogen-bond acceptors (Lipinski definition) is 4. The minimum Gasteiger partial charge on any atom is -0.335 e. The molecule has 1 heterocycles. The SMILES string of the molecule is CC/C(=C/c1nc(C2(N)CCC2)no1)c1ccc(C)cc1. The molecular weight excluding hydrogens is 262 g/mol. The van der Waals surface area contributed by atoms with Gasteiger partial charge >= 0.3 is 0 Å². The van der Waals surface area contributed by atoms with Gasteiger partial charge in [-0.15, -0.1) is 0 Å². The van der Waals surface area contributed by atoms with Gasteiger partial charge in [0.1, 0.15) is 0 Å². The molecule has 1 aromatic carbocycles. The molecule has 0 amide bonds. The van der Waals surface area contributed by atoms with Crippen molar-refractivity contribution >= 4 is 11.6 Å². The van der Waals surface area contributed by atoms with Gasteiger partial charge in [-0.25, -0.2) is 0 Å². The Bertz CT molecular complexity index is 651. The lowest BCUT2D eigenvalue weighted by molar-refractivity contribution is 0.229. The molecule has 21 heavy (non-hydrogen) atoms. The summed E-state index contributed by atoms with van der Waals surface area (Å²) in [5.74, 6) is 1.18. The van der Waals surface area contributed by atoms with Crippen LogP contribution in [0.5, 0.6) is 0 Å². The lowest BCUT2D eigenvalue weighted by atomic mass is 9.77. The number of benzene rings is 1. The summed E-state index contributed by atoms with van der Waals surface area (Å²) in [5, 5.41) is 4.05. The highest BCUT2D eigenvalue weighted by atomic mass is 16.5. The monoisotopic (exact) mass is 283 g/mol. The summed E-state index contributed by atoms with van der Waals surface area (Å²) in [6.07, 6.45) is 5.89. The summed E-state index contributed by atoms with van der Waals surface area (Å²) in [6.45, 7) is 4.21. The van der Waals surface area contributed by atoms with Crippen LogP contribution in [0, 0.1) is 6.92 Å². The Morgan fingerprint density at radius 1 is 1.33 bits per heavy atom. The van der Waals surface area contributed by atoms with Gasteiger partial charge in [-0.1, -0.05) is 41.9 Å². The van der Waals surface area contributed by atoms with Crippen LogP contribution >= 0.6 is 0 Å². The zero-order chi connectivity index (χ0) is 14.9. The van der Waals surface area contributed by atoms with Crippen molar-refractivity contribution in [3.05, 3.63) is 47.1 Å². The van der Waals surface area contributed by atoms with Crippen LogP contribution in [-0.2, 0) is 5.54 Å². The summed E-state index contributed by atoms with van der Waals surface area (Å²) >= 11 is 0. The maximum atomic E-state index is 6.22. The van der Waals surface area contributed by atoms with Crippen LogP contribution in [0.2, 0.25) is 0 Å². The Morgan fingerprint density at radius 3 is 2.62 bits per heavy atom. The van der Waals surface area contributed by atoms with E-state index < -0.39 is 0 Å². The molecule has 0 radical (unpaired) electrons. The van der Waals surface area contributed by atoms with Crippen molar-refractivity contribution in [2.45, 2.75) is 45.1 Å². The molecule has 0 unspecified atom stereocenters. The second kappa shape index (κ2) is 5.45. The summed E-state index contributed by atoms with van der Waals surface area (Å²) in [5.41, 5.74) is 9.48. The summed E-state index contributed by atoms with van der Waals surface area (Å²) < 4.78 is 5.35. The predicted octanol–water partition coefficient (Wildman–Crippen LogP) is 3.67. The second-order valence-electron chi connectivity index (χ2n) is 5.86. The van der Waals surface area contributed by atoms with E-state index in [0.717, 1.165) is 25.7 Å². The highest BCUT2D eigenvalue weighted by Gasteiger charge is 2.38. The molecule has 0 atom stereocenters. The van der Waals surface area contributed by atoms with Crippen LogP contribution < -0.4 is 5.73 Å². The number of allylic oxidation sites excluding steroid dienone is 1. The van der Waals surface area contributed by atoms with E-state index in [1.54, 1.807) is 0 Å². The molecule has 4 nitrogen and oxygen atoms in total. The largest absolute Gasteiger partial charge is 0.335 e. The first-order valence-electron chi connectivity index (χ1n) is 7.51. The minimum absolute atomic E-state index is 0.369. The van der Waals surface area contributed by atoms with E-state index >= 15 is 0 Å². The molecule has 3 rings (SSSR count). The van der Waals surface area contributed by atoms with E-state index in [1.165, 1.54) is 16.7 Å². The van der Waals surface area contributed by atoms with Crippen molar-refractivity contribution in [1.29, 1.82) is 0 Å². The van der Waals surface area contributed by atoms with Crippen LogP contribution in [-0.4, -0.2) is 10.1 Å². The number of aryl methyl sites for hydroxylation is 1. The molecule has 1 aliphatic rings. The zero-order valence-corrected chi connectivity index (χ0v) is 12.6. The van der Waals surface area contributed by atoms with Gasteiger partial charge in [-0.2, -0.15) is 4.98 Å². The first-order valence-corrected chi connectivity index (χ1v) is 7.51. The van der Waals surface area contributed by atoms with E-state index in [2.05, 4.69) is 48.3 Å². The third kappa shape index (κ3) is 2.76. The van der Waals surface area contributed by atoms with Gasteiger partial charge in [0.05, 0.1) is 5.54 Å². The molecule has 0 aliphatic heterocycles. The molecule has 2 N–H and O–H groups in total.